The summed E-state index contributed by atoms with van der Waals surface area (Å²) < 4.78 is 13.3. The van der Waals surface area contributed by atoms with Crippen LogP contribution in [0.5, 0.6) is 5.75 Å². The van der Waals surface area contributed by atoms with Crippen LogP contribution in [0.3, 0.4) is 0 Å². The van der Waals surface area contributed by atoms with Gasteiger partial charge in [0.25, 0.3) is 0 Å². The molecule has 178 valence electrons. The van der Waals surface area contributed by atoms with E-state index >= 15 is 0 Å². The number of fused-ring (bicyclic) bond motifs is 2. The Morgan fingerprint density at radius 1 is 1.06 bits per heavy atom. The number of carbonyl (C=O) groups is 1. The molecule has 1 saturated heterocycles. The normalized spacial score (nSPS) is 15.5. The average Bonchev–Trinajstić information content (AvgIpc) is 3.52. The number of methoxy groups -OCH3 is 1. The van der Waals surface area contributed by atoms with Crippen molar-refractivity contribution in [2.75, 3.05) is 43.6 Å². The molecule has 8 nitrogen and oxygen atoms in total. The van der Waals surface area contributed by atoms with E-state index in [9.17, 15) is 4.79 Å². The van der Waals surface area contributed by atoms with E-state index in [0.29, 0.717) is 31.9 Å². The average molecular weight is 470 g/mol. The minimum atomic E-state index is 0.267. The first-order valence-corrected chi connectivity index (χ1v) is 11.9. The third kappa shape index (κ3) is 3.89. The molecule has 0 spiro atoms. The molecule has 3 heterocycles. The maximum absolute atomic E-state index is 11.9. The van der Waals surface area contributed by atoms with Gasteiger partial charge in [-0.2, -0.15) is 0 Å². The van der Waals surface area contributed by atoms with Gasteiger partial charge in [0.2, 0.25) is 0 Å². The van der Waals surface area contributed by atoms with Gasteiger partial charge in [0.1, 0.15) is 11.5 Å². The number of anilines is 3. The molecule has 4 aromatic rings. The summed E-state index contributed by atoms with van der Waals surface area (Å²) in [7, 11) is 1.69. The zero-order valence-electron chi connectivity index (χ0n) is 19.9. The lowest BCUT2D eigenvalue weighted by Crippen LogP contribution is -2.36. The van der Waals surface area contributed by atoms with Crippen LogP contribution in [0.25, 0.3) is 16.9 Å². The number of morpholine rings is 1. The molecule has 0 radical (unpaired) electrons. The molecule has 1 N–H and O–H groups in total. The predicted molar refractivity (Wildman–Crippen MR) is 135 cm³/mol. The van der Waals surface area contributed by atoms with Gasteiger partial charge in [-0.3, -0.25) is 9.20 Å². The van der Waals surface area contributed by atoms with Gasteiger partial charge < -0.3 is 19.7 Å². The van der Waals surface area contributed by atoms with E-state index in [1.165, 1.54) is 0 Å². The Morgan fingerprint density at radius 3 is 2.71 bits per heavy atom. The molecule has 0 bridgehead atoms. The maximum atomic E-state index is 11.9. The SMILES string of the molecule is COc1cc(Nc2nc(-c3ccc4c(c3)CC(=O)C4)c(C)n3ccnc23)ccc1N1CCOCC1. The third-order valence-electron chi connectivity index (χ3n) is 6.83. The lowest BCUT2D eigenvalue weighted by atomic mass is 10.0. The Balaban J connectivity index is 1.38. The van der Waals surface area contributed by atoms with E-state index in [4.69, 9.17) is 14.5 Å². The highest BCUT2D eigenvalue weighted by molar-refractivity contribution is 5.89. The van der Waals surface area contributed by atoms with Crippen molar-refractivity contribution in [1.29, 1.82) is 0 Å². The second-order valence-corrected chi connectivity index (χ2v) is 9.00. The molecule has 2 aromatic carbocycles. The molecule has 1 fully saturated rings. The molecule has 2 aliphatic rings. The monoisotopic (exact) mass is 469 g/mol. The molecule has 6 rings (SSSR count). The van der Waals surface area contributed by atoms with Crippen LogP contribution in [0.1, 0.15) is 16.8 Å². The van der Waals surface area contributed by atoms with Crippen molar-refractivity contribution in [1.82, 2.24) is 14.4 Å². The number of hydrogen-bond donors (Lipinski definition) is 1. The van der Waals surface area contributed by atoms with Crippen LogP contribution in [-0.2, 0) is 22.4 Å². The van der Waals surface area contributed by atoms with Crippen molar-refractivity contribution in [3.63, 3.8) is 0 Å². The molecular formula is C27H27N5O3. The fourth-order valence-corrected chi connectivity index (χ4v) is 5.02. The van der Waals surface area contributed by atoms with Crippen LogP contribution in [-0.4, -0.2) is 53.6 Å². The molecule has 0 unspecified atom stereocenters. The van der Waals surface area contributed by atoms with Crippen molar-refractivity contribution in [3.05, 3.63) is 65.6 Å². The zero-order valence-corrected chi connectivity index (χ0v) is 19.9. The summed E-state index contributed by atoms with van der Waals surface area (Å²) in [5.41, 5.74) is 7.73. The van der Waals surface area contributed by atoms with Crippen LogP contribution in [0, 0.1) is 6.92 Å². The molecule has 8 heteroatoms. The molecule has 0 atom stereocenters. The Hall–Kier alpha value is -3.91. The van der Waals surface area contributed by atoms with Crippen molar-refractivity contribution >= 4 is 28.6 Å². The van der Waals surface area contributed by atoms with Gasteiger partial charge >= 0.3 is 0 Å². The number of ketones is 1. The van der Waals surface area contributed by atoms with Crippen LogP contribution in [0.4, 0.5) is 17.2 Å². The number of imidazole rings is 1. The van der Waals surface area contributed by atoms with E-state index in [0.717, 1.165) is 63.9 Å². The predicted octanol–water partition coefficient (Wildman–Crippen LogP) is 3.96. The van der Waals surface area contributed by atoms with Crippen molar-refractivity contribution in [2.45, 2.75) is 19.8 Å². The summed E-state index contributed by atoms with van der Waals surface area (Å²) in [5, 5.41) is 3.46. The van der Waals surface area contributed by atoms with Crippen molar-refractivity contribution < 1.29 is 14.3 Å². The lowest BCUT2D eigenvalue weighted by molar-refractivity contribution is -0.117. The Bertz CT molecular complexity index is 1440. The van der Waals surface area contributed by atoms with Gasteiger partial charge in [0, 0.05) is 61.3 Å². The fourth-order valence-electron chi connectivity index (χ4n) is 5.02. The summed E-state index contributed by atoms with van der Waals surface area (Å²) in [6, 6.07) is 12.3. The third-order valence-corrected chi connectivity index (χ3v) is 6.83. The first-order chi connectivity index (χ1) is 17.1. The molecular weight excluding hydrogens is 442 g/mol. The highest BCUT2D eigenvalue weighted by atomic mass is 16.5. The smallest absolute Gasteiger partial charge is 0.180 e. The Labute approximate surface area is 203 Å². The van der Waals surface area contributed by atoms with Crippen LogP contribution >= 0.6 is 0 Å². The van der Waals surface area contributed by atoms with Gasteiger partial charge in [0.05, 0.1) is 31.7 Å². The lowest BCUT2D eigenvalue weighted by Gasteiger charge is -2.30. The molecule has 1 aliphatic heterocycles. The van der Waals surface area contributed by atoms with E-state index in [1.807, 2.05) is 29.7 Å². The summed E-state index contributed by atoms with van der Waals surface area (Å²) in [4.78, 5) is 23.8. The van der Waals surface area contributed by atoms with Crippen molar-refractivity contribution in [3.8, 4) is 17.0 Å². The van der Waals surface area contributed by atoms with Gasteiger partial charge in [0.15, 0.2) is 11.5 Å². The molecule has 0 amide bonds. The second kappa shape index (κ2) is 8.70. The van der Waals surface area contributed by atoms with E-state index in [-0.39, 0.29) is 5.78 Å². The van der Waals surface area contributed by atoms with Gasteiger partial charge in [-0.05, 0) is 36.2 Å². The first kappa shape index (κ1) is 21.6. The van der Waals surface area contributed by atoms with Crippen molar-refractivity contribution in [2.24, 2.45) is 0 Å². The molecule has 2 aromatic heterocycles. The van der Waals surface area contributed by atoms with E-state index in [1.54, 1.807) is 13.3 Å². The topological polar surface area (TPSA) is 81.0 Å². The first-order valence-electron chi connectivity index (χ1n) is 11.9. The van der Waals surface area contributed by atoms with Crippen LogP contribution < -0.4 is 15.0 Å². The fraction of sp³-hybridized carbons (Fsp3) is 0.296. The van der Waals surface area contributed by atoms with Gasteiger partial charge in [-0.25, -0.2) is 9.97 Å². The highest BCUT2D eigenvalue weighted by Gasteiger charge is 2.21. The highest BCUT2D eigenvalue weighted by Crippen LogP contribution is 2.35. The Kier molecular flexibility index (Phi) is 5.37. The van der Waals surface area contributed by atoms with Crippen LogP contribution in [0.15, 0.2) is 48.8 Å². The minimum absolute atomic E-state index is 0.267. The van der Waals surface area contributed by atoms with E-state index in [2.05, 4.69) is 39.5 Å². The second-order valence-electron chi connectivity index (χ2n) is 9.00. The van der Waals surface area contributed by atoms with Gasteiger partial charge in [-0.1, -0.05) is 12.1 Å². The molecule has 1 aliphatic carbocycles. The molecule has 35 heavy (non-hydrogen) atoms. The standard InChI is InChI=1S/C27H27N5O3/c1-17-25(19-4-3-18-14-22(33)15-20(18)13-19)30-26(27-28-7-8-32(17)27)29-21-5-6-23(24(16-21)34-2)31-9-11-35-12-10-31/h3-8,13,16H,9-12,14-15H2,1-2H3,(H,29,30). The zero-order chi connectivity index (χ0) is 23.9. The maximum Gasteiger partial charge on any atom is 0.180 e. The quantitative estimate of drug-likeness (QED) is 0.474. The number of aryl methyl sites for hydroxylation is 1. The number of Topliss-reactive ketones (excluding diaryl/α,β-unsaturated/α-hetero) is 1. The van der Waals surface area contributed by atoms with E-state index < -0.39 is 0 Å². The number of hydrogen-bond acceptors (Lipinski definition) is 7. The number of rotatable bonds is 5. The summed E-state index contributed by atoms with van der Waals surface area (Å²) in [6.45, 7) is 5.15. The number of carbonyl (C=O) groups excluding carboxylic acids is 1. The largest absolute Gasteiger partial charge is 0.495 e. The van der Waals surface area contributed by atoms with Gasteiger partial charge in [-0.15, -0.1) is 0 Å². The number of benzene rings is 2. The number of ether oxygens (including phenoxy) is 2. The number of nitrogens with one attached hydrogen (secondary N) is 1. The minimum Gasteiger partial charge on any atom is -0.495 e. The number of aromatic nitrogens is 3. The molecule has 0 saturated carbocycles. The summed E-state index contributed by atoms with van der Waals surface area (Å²) in [6.07, 6.45) is 4.75. The number of nitrogens with zero attached hydrogens (tertiary/aromatic N) is 4. The summed E-state index contributed by atoms with van der Waals surface area (Å²) >= 11 is 0. The Morgan fingerprint density at radius 2 is 1.89 bits per heavy atom. The van der Waals surface area contributed by atoms with Crippen LogP contribution in [0.2, 0.25) is 0 Å². The summed E-state index contributed by atoms with van der Waals surface area (Å²) in [5.74, 6) is 1.73.